The van der Waals surface area contributed by atoms with E-state index in [9.17, 15) is 9.59 Å². The maximum absolute atomic E-state index is 11.4. The average molecular weight is 221 g/mol. The third-order valence-electron chi connectivity index (χ3n) is 3.33. The minimum Gasteiger partial charge on any atom is -0.477 e. The van der Waals surface area contributed by atoms with Gasteiger partial charge >= 0.3 is 5.97 Å². The van der Waals surface area contributed by atoms with Crippen molar-refractivity contribution >= 4 is 5.97 Å². The molecule has 0 radical (unpaired) electrons. The first-order valence-corrected chi connectivity index (χ1v) is 5.60. The molecule has 0 saturated heterocycles. The Morgan fingerprint density at radius 1 is 1.62 bits per heavy atom. The van der Waals surface area contributed by atoms with E-state index in [4.69, 9.17) is 5.11 Å². The molecule has 0 aliphatic heterocycles. The third-order valence-corrected chi connectivity index (χ3v) is 3.33. The third kappa shape index (κ3) is 1.87. The number of pyridine rings is 1. The van der Waals surface area contributed by atoms with Crippen LogP contribution in [0.5, 0.6) is 0 Å². The summed E-state index contributed by atoms with van der Waals surface area (Å²) in [5.74, 6) is -0.539. The summed E-state index contributed by atoms with van der Waals surface area (Å²) in [4.78, 5) is 25.0. The summed E-state index contributed by atoms with van der Waals surface area (Å²) in [6, 6.07) is 1.54. The van der Waals surface area contributed by atoms with Crippen LogP contribution in [0.3, 0.4) is 0 Å². The summed E-state index contributed by atoms with van der Waals surface area (Å²) in [6.45, 7) is 2.14. The molecule has 1 aromatic heterocycles. The maximum Gasteiger partial charge on any atom is 0.341 e. The average Bonchev–Trinajstić information content (AvgIpc) is 2.27. The van der Waals surface area contributed by atoms with Gasteiger partial charge in [0, 0.05) is 5.69 Å². The normalized spacial score (nSPS) is 19.2. The van der Waals surface area contributed by atoms with E-state index < -0.39 is 11.5 Å². The zero-order valence-electron chi connectivity index (χ0n) is 9.25. The van der Waals surface area contributed by atoms with Crippen LogP contribution in [0.4, 0.5) is 0 Å². The summed E-state index contributed by atoms with van der Waals surface area (Å²) < 4.78 is 0. The number of hydrogen-bond acceptors (Lipinski definition) is 2. The van der Waals surface area contributed by atoms with Crippen molar-refractivity contribution in [3.8, 4) is 0 Å². The molecule has 0 amide bonds. The van der Waals surface area contributed by atoms with Crippen molar-refractivity contribution in [3.63, 3.8) is 0 Å². The molecule has 1 atom stereocenters. The van der Waals surface area contributed by atoms with E-state index in [0.717, 1.165) is 36.9 Å². The van der Waals surface area contributed by atoms with Crippen LogP contribution < -0.4 is 5.56 Å². The van der Waals surface area contributed by atoms with Gasteiger partial charge in [-0.15, -0.1) is 0 Å². The molecule has 1 aliphatic carbocycles. The molecule has 0 unspecified atom stereocenters. The van der Waals surface area contributed by atoms with Gasteiger partial charge in [0.15, 0.2) is 0 Å². The fourth-order valence-corrected chi connectivity index (χ4v) is 2.29. The molecule has 4 nitrogen and oxygen atoms in total. The monoisotopic (exact) mass is 221 g/mol. The predicted octanol–water partition coefficient (Wildman–Crippen LogP) is 1.59. The molecule has 0 fully saturated rings. The van der Waals surface area contributed by atoms with Crippen LogP contribution in [0.15, 0.2) is 10.9 Å². The number of H-pyrrole nitrogens is 1. The highest BCUT2D eigenvalue weighted by Crippen LogP contribution is 2.25. The van der Waals surface area contributed by atoms with E-state index in [1.807, 2.05) is 0 Å². The summed E-state index contributed by atoms with van der Waals surface area (Å²) in [6.07, 6.45) is 3.90. The van der Waals surface area contributed by atoms with E-state index >= 15 is 0 Å². The second-order valence-electron chi connectivity index (χ2n) is 4.34. The molecule has 0 saturated carbocycles. The second-order valence-corrected chi connectivity index (χ2v) is 4.34. The van der Waals surface area contributed by atoms with Crippen molar-refractivity contribution in [1.29, 1.82) is 0 Å². The SMILES string of the molecule is CC[C@@H]1CCc2[nH]c(=O)c(C(=O)O)cc2C1. The Morgan fingerprint density at radius 2 is 2.38 bits per heavy atom. The number of aromatic amines is 1. The molecular formula is C12H15NO3. The molecule has 1 aromatic rings. The maximum atomic E-state index is 11.4. The van der Waals surface area contributed by atoms with Gasteiger partial charge in [-0.05, 0) is 36.8 Å². The van der Waals surface area contributed by atoms with E-state index in [1.54, 1.807) is 6.07 Å². The Morgan fingerprint density at radius 3 is 3.00 bits per heavy atom. The van der Waals surface area contributed by atoms with E-state index in [-0.39, 0.29) is 5.56 Å². The highest BCUT2D eigenvalue weighted by Gasteiger charge is 2.20. The lowest BCUT2D eigenvalue weighted by atomic mass is 9.84. The fraction of sp³-hybridized carbons (Fsp3) is 0.500. The molecule has 0 aromatic carbocycles. The number of carboxylic acid groups (broad SMARTS) is 1. The van der Waals surface area contributed by atoms with Crippen LogP contribution >= 0.6 is 0 Å². The minimum absolute atomic E-state index is 0.143. The Hall–Kier alpha value is -1.58. The number of aryl methyl sites for hydroxylation is 1. The molecule has 86 valence electrons. The van der Waals surface area contributed by atoms with Crippen molar-refractivity contribution in [3.05, 3.63) is 33.2 Å². The number of hydrogen-bond donors (Lipinski definition) is 2. The summed E-state index contributed by atoms with van der Waals surface area (Å²) in [5.41, 5.74) is 1.28. The molecule has 2 N–H and O–H groups in total. The minimum atomic E-state index is -1.15. The molecular weight excluding hydrogens is 206 g/mol. The van der Waals surface area contributed by atoms with Gasteiger partial charge in [-0.25, -0.2) is 4.79 Å². The Labute approximate surface area is 93.3 Å². The molecule has 0 spiro atoms. The molecule has 1 heterocycles. The zero-order valence-corrected chi connectivity index (χ0v) is 9.25. The van der Waals surface area contributed by atoms with Crippen LogP contribution in [-0.2, 0) is 12.8 Å². The van der Waals surface area contributed by atoms with Crippen LogP contribution in [0.1, 0.15) is 41.4 Å². The van der Waals surface area contributed by atoms with Crippen LogP contribution in [-0.4, -0.2) is 16.1 Å². The number of aromatic carboxylic acids is 1. The lowest BCUT2D eigenvalue weighted by Crippen LogP contribution is -2.24. The van der Waals surface area contributed by atoms with E-state index in [2.05, 4.69) is 11.9 Å². The molecule has 16 heavy (non-hydrogen) atoms. The fourth-order valence-electron chi connectivity index (χ4n) is 2.29. The van der Waals surface area contributed by atoms with Crippen molar-refractivity contribution in [2.45, 2.75) is 32.6 Å². The largest absolute Gasteiger partial charge is 0.477 e. The molecule has 0 bridgehead atoms. The van der Waals surface area contributed by atoms with Gasteiger partial charge in [0.1, 0.15) is 5.56 Å². The molecule has 4 heteroatoms. The smallest absolute Gasteiger partial charge is 0.341 e. The van der Waals surface area contributed by atoms with Gasteiger partial charge in [0.25, 0.3) is 5.56 Å². The van der Waals surface area contributed by atoms with Gasteiger partial charge in [0.05, 0.1) is 0 Å². The predicted molar refractivity (Wildman–Crippen MR) is 59.8 cm³/mol. The van der Waals surface area contributed by atoms with Gasteiger partial charge in [0.2, 0.25) is 0 Å². The Kier molecular flexibility index (Phi) is 2.81. The number of nitrogens with one attached hydrogen (secondary N) is 1. The first kappa shape index (κ1) is 10.9. The van der Waals surface area contributed by atoms with Crippen LogP contribution in [0.2, 0.25) is 0 Å². The summed E-state index contributed by atoms with van der Waals surface area (Å²) in [7, 11) is 0. The van der Waals surface area contributed by atoms with Crippen molar-refractivity contribution in [1.82, 2.24) is 4.98 Å². The molecule has 2 rings (SSSR count). The number of carbonyl (C=O) groups is 1. The Balaban J connectivity index is 2.44. The lowest BCUT2D eigenvalue weighted by molar-refractivity contribution is 0.0694. The number of rotatable bonds is 2. The number of aromatic nitrogens is 1. The van der Waals surface area contributed by atoms with Gasteiger partial charge < -0.3 is 10.1 Å². The molecule has 1 aliphatic rings. The topological polar surface area (TPSA) is 70.2 Å². The van der Waals surface area contributed by atoms with Crippen molar-refractivity contribution in [2.24, 2.45) is 5.92 Å². The highest BCUT2D eigenvalue weighted by molar-refractivity contribution is 5.87. The van der Waals surface area contributed by atoms with E-state index in [1.165, 1.54) is 0 Å². The van der Waals surface area contributed by atoms with Crippen LogP contribution in [0.25, 0.3) is 0 Å². The van der Waals surface area contributed by atoms with Gasteiger partial charge in [-0.1, -0.05) is 13.3 Å². The first-order chi connectivity index (χ1) is 7.61. The second kappa shape index (κ2) is 4.12. The zero-order chi connectivity index (χ0) is 11.7. The first-order valence-electron chi connectivity index (χ1n) is 5.60. The summed E-state index contributed by atoms with van der Waals surface area (Å²) >= 11 is 0. The van der Waals surface area contributed by atoms with Gasteiger partial charge in [-0.3, -0.25) is 4.79 Å². The van der Waals surface area contributed by atoms with Crippen LogP contribution in [0, 0.1) is 5.92 Å². The number of carboxylic acids is 1. The van der Waals surface area contributed by atoms with Crippen molar-refractivity contribution in [2.75, 3.05) is 0 Å². The number of fused-ring (bicyclic) bond motifs is 1. The van der Waals surface area contributed by atoms with Gasteiger partial charge in [-0.2, -0.15) is 0 Å². The lowest BCUT2D eigenvalue weighted by Gasteiger charge is -2.23. The Bertz CT molecular complexity index is 476. The quantitative estimate of drug-likeness (QED) is 0.796. The highest BCUT2D eigenvalue weighted by atomic mass is 16.4. The standard InChI is InChI=1S/C12H15NO3/c1-2-7-3-4-10-8(5-7)6-9(12(15)16)11(14)13-10/h6-7H,2-5H2,1H3,(H,13,14)(H,15,16)/t7-/m1/s1. The van der Waals surface area contributed by atoms with Crippen molar-refractivity contribution < 1.29 is 9.90 Å². The summed E-state index contributed by atoms with van der Waals surface area (Å²) in [5, 5.41) is 8.87. The van der Waals surface area contributed by atoms with E-state index in [0.29, 0.717) is 5.92 Å².